The van der Waals surface area contributed by atoms with Gasteiger partial charge in [-0.25, -0.2) is 5.01 Å². The van der Waals surface area contributed by atoms with Gasteiger partial charge in [0.05, 0.1) is 22.6 Å². The Kier molecular flexibility index (Phi) is 5.47. The zero-order valence-corrected chi connectivity index (χ0v) is 16.3. The molecule has 0 N–H and O–H groups in total. The molecule has 0 saturated carbocycles. The molecule has 0 amide bonds. The number of anilines is 2. The normalized spacial score (nSPS) is 11.1. The van der Waals surface area contributed by atoms with Crippen LogP contribution in [0.3, 0.4) is 0 Å². The molecule has 0 aliphatic rings. The first kappa shape index (κ1) is 18.4. The van der Waals surface area contributed by atoms with E-state index in [1.54, 1.807) is 18.3 Å². The molecule has 4 aromatic rings. The molecule has 0 radical (unpaired) electrons. The van der Waals surface area contributed by atoms with Crippen LogP contribution in [0.15, 0.2) is 101 Å². The number of benzene rings is 3. The summed E-state index contributed by atoms with van der Waals surface area (Å²) >= 11 is 12.2. The van der Waals surface area contributed by atoms with Crippen LogP contribution in [0, 0.1) is 0 Å². The Labute approximate surface area is 173 Å². The van der Waals surface area contributed by atoms with Crippen molar-refractivity contribution in [2.24, 2.45) is 5.10 Å². The van der Waals surface area contributed by atoms with E-state index in [9.17, 15) is 0 Å². The van der Waals surface area contributed by atoms with E-state index >= 15 is 0 Å². The minimum atomic E-state index is 0.542. The van der Waals surface area contributed by atoms with E-state index in [0.717, 1.165) is 16.9 Å². The monoisotopic (exact) mass is 406 g/mol. The van der Waals surface area contributed by atoms with Crippen LogP contribution in [0.4, 0.5) is 11.4 Å². The van der Waals surface area contributed by atoms with Crippen molar-refractivity contribution in [2.75, 3.05) is 5.01 Å². The number of hydrogen-bond donors (Lipinski definition) is 0. The van der Waals surface area contributed by atoms with Crippen LogP contribution in [0.25, 0.3) is 11.3 Å². The van der Waals surface area contributed by atoms with Gasteiger partial charge < -0.3 is 4.42 Å². The molecule has 0 fully saturated rings. The minimum Gasteiger partial charge on any atom is -0.455 e. The van der Waals surface area contributed by atoms with E-state index in [-0.39, 0.29) is 0 Å². The molecular formula is C23H16Cl2N2O. The van der Waals surface area contributed by atoms with Crippen LogP contribution >= 0.6 is 23.2 Å². The highest BCUT2D eigenvalue weighted by atomic mass is 35.5. The Bertz CT molecular complexity index is 1050. The van der Waals surface area contributed by atoms with Crippen molar-refractivity contribution in [3.63, 3.8) is 0 Å². The summed E-state index contributed by atoms with van der Waals surface area (Å²) in [5.41, 5.74) is 2.70. The third-order valence-electron chi connectivity index (χ3n) is 4.13. The number of hydrogen-bond acceptors (Lipinski definition) is 3. The highest BCUT2D eigenvalue weighted by Crippen LogP contribution is 2.31. The molecule has 1 heterocycles. The van der Waals surface area contributed by atoms with Crippen molar-refractivity contribution < 1.29 is 4.42 Å². The van der Waals surface area contributed by atoms with Crippen molar-refractivity contribution in [2.45, 2.75) is 0 Å². The third-order valence-corrected chi connectivity index (χ3v) is 4.67. The predicted octanol–water partition coefficient (Wildman–Crippen LogP) is 7.43. The molecule has 4 rings (SSSR count). The molecule has 0 aliphatic carbocycles. The predicted molar refractivity (Wildman–Crippen MR) is 117 cm³/mol. The fourth-order valence-electron chi connectivity index (χ4n) is 2.79. The quantitative estimate of drug-likeness (QED) is 0.254. The van der Waals surface area contributed by atoms with Gasteiger partial charge in [-0.3, -0.25) is 0 Å². The molecule has 0 saturated heterocycles. The van der Waals surface area contributed by atoms with E-state index in [0.29, 0.717) is 21.6 Å². The minimum absolute atomic E-state index is 0.542. The molecule has 0 spiro atoms. The maximum atomic E-state index is 6.27. The van der Waals surface area contributed by atoms with Crippen molar-refractivity contribution in [1.29, 1.82) is 0 Å². The van der Waals surface area contributed by atoms with Crippen LogP contribution in [0.1, 0.15) is 5.76 Å². The number of hydrazone groups is 1. The Morgan fingerprint density at radius 3 is 2.00 bits per heavy atom. The fraction of sp³-hybridized carbons (Fsp3) is 0. The molecule has 138 valence electrons. The number of halogens is 2. The average molecular weight is 407 g/mol. The zero-order valence-electron chi connectivity index (χ0n) is 14.8. The van der Waals surface area contributed by atoms with Crippen LogP contribution in [0.5, 0.6) is 0 Å². The number of furan rings is 1. The Balaban J connectivity index is 1.64. The van der Waals surface area contributed by atoms with E-state index < -0.39 is 0 Å². The highest BCUT2D eigenvalue weighted by Gasteiger charge is 2.10. The van der Waals surface area contributed by atoms with Gasteiger partial charge >= 0.3 is 0 Å². The molecule has 3 nitrogen and oxygen atoms in total. The van der Waals surface area contributed by atoms with Gasteiger partial charge in [0.25, 0.3) is 0 Å². The summed E-state index contributed by atoms with van der Waals surface area (Å²) in [4.78, 5) is 0. The molecule has 0 bridgehead atoms. The average Bonchev–Trinajstić information content (AvgIpc) is 3.18. The second kappa shape index (κ2) is 8.34. The van der Waals surface area contributed by atoms with Gasteiger partial charge in [0.1, 0.15) is 11.5 Å². The topological polar surface area (TPSA) is 28.7 Å². The largest absolute Gasteiger partial charge is 0.455 e. The second-order valence-corrected chi connectivity index (χ2v) is 6.90. The fourth-order valence-corrected chi connectivity index (χ4v) is 3.29. The molecular weight excluding hydrogens is 391 g/mol. The second-order valence-electron chi connectivity index (χ2n) is 6.05. The third kappa shape index (κ3) is 4.11. The summed E-state index contributed by atoms with van der Waals surface area (Å²) in [6, 6.07) is 28.9. The highest BCUT2D eigenvalue weighted by molar-refractivity contribution is 6.36. The lowest BCUT2D eigenvalue weighted by molar-refractivity contribution is 0.575. The molecule has 3 aromatic carbocycles. The number of nitrogens with zero attached hydrogens (tertiary/aromatic N) is 2. The maximum Gasteiger partial charge on any atom is 0.147 e. The first-order valence-electron chi connectivity index (χ1n) is 8.70. The van der Waals surface area contributed by atoms with E-state index in [2.05, 4.69) is 5.10 Å². The van der Waals surface area contributed by atoms with Crippen LogP contribution < -0.4 is 5.01 Å². The van der Waals surface area contributed by atoms with Gasteiger partial charge in [-0.15, -0.1) is 0 Å². The van der Waals surface area contributed by atoms with Crippen molar-refractivity contribution in [3.05, 3.63) is 107 Å². The molecule has 0 aliphatic heterocycles. The standard InChI is InChI=1S/C23H16Cl2N2O/c24-17-11-13-21(22(25)15-17)23-14-12-20(28-23)16-26-27(18-7-3-1-4-8-18)19-9-5-2-6-10-19/h1-16H. The maximum absolute atomic E-state index is 6.27. The number of para-hydroxylation sites is 2. The van der Waals surface area contributed by atoms with Crippen LogP contribution in [-0.2, 0) is 0 Å². The summed E-state index contributed by atoms with van der Waals surface area (Å²) in [6.07, 6.45) is 1.69. The van der Waals surface area contributed by atoms with Gasteiger partial charge in [-0.05, 0) is 54.6 Å². The Morgan fingerprint density at radius 2 is 1.39 bits per heavy atom. The van der Waals surface area contributed by atoms with Gasteiger partial charge in [-0.1, -0.05) is 59.6 Å². The first-order valence-corrected chi connectivity index (χ1v) is 9.46. The molecule has 5 heteroatoms. The summed E-state index contributed by atoms with van der Waals surface area (Å²) < 4.78 is 5.91. The van der Waals surface area contributed by atoms with Gasteiger partial charge in [-0.2, -0.15) is 5.10 Å². The smallest absolute Gasteiger partial charge is 0.147 e. The lowest BCUT2D eigenvalue weighted by Gasteiger charge is -2.18. The van der Waals surface area contributed by atoms with Crippen molar-refractivity contribution in [3.8, 4) is 11.3 Å². The van der Waals surface area contributed by atoms with E-state index in [1.807, 2.05) is 83.9 Å². The van der Waals surface area contributed by atoms with Gasteiger partial charge in [0.15, 0.2) is 0 Å². The molecule has 0 unspecified atom stereocenters. The summed E-state index contributed by atoms with van der Waals surface area (Å²) in [6.45, 7) is 0. The van der Waals surface area contributed by atoms with Gasteiger partial charge in [0, 0.05) is 10.6 Å². The van der Waals surface area contributed by atoms with Gasteiger partial charge in [0.2, 0.25) is 0 Å². The van der Waals surface area contributed by atoms with Crippen LogP contribution in [-0.4, -0.2) is 6.21 Å². The Morgan fingerprint density at radius 1 is 0.750 bits per heavy atom. The molecule has 28 heavy (non-hydrogen) atoms. The summed E-state index contributed by atoms with van der Waals surface area (Å²) in [5.74, 6) is 1.28. The SMILES string of the molecule is Clc1ccc(-c2ccc(C=NN(c3ccccc3)c3ccccc3)o2)c(Cl)c1. The summed E-state index contributed by atoms with van der Waals surface area (Å²) in [7, 11) is 0. The van der Waals surface area contributed by atoms with E-state index in [4.69, 9.17) is 27.6 Å². The summed E-state index contributed by atoms with van der Waals surface area (Å²) in [5, 5.41) is 7.63. The lowest BCUT2D eigenvalue weighted by atomic mass is 10.2. The van der Waals surface area contributed by atoms with Crippen molar-refractivity contribution in [1.82, 2.24) is 0 Å². The Hall–Kier alpha value is -3.01. The van der Waals surface area contributed by atoms with E-state index in [1.165, 1.54) is 0 Å². The lowest BCUT2D eigenvalue weighted by Crippen LogP contribution is -2.08. The van der Waals surface area contributed by atoms with Crippen LogP contribution in [0.2, 0.25) is 10.0 Å². The molecule has 0 atom stereocenters. The number of rotatable bonds is 5. The molecule has 1 aromatic heterocycles. The van der Waals surface area contributed by atoms with Crippen molar-refractivity contribution >= 4 is 40.8 Å². The zero-order chi connectivity index (χ0) is 19.3. The first-order chi connectivity index (χ1) is 13.7.